The molecule has 0 saturated heterocycles. The van der Waals surface area contributed by atoms with Crippen molar-refractivity contribution in [3.63, 3.8) is 0 Å². The van der Waals surface area contributed by atoms with E-state index in [9.17, 15) is 4.39 Å². The number of halogens is 2. The first-order valence-electron chi connectivity index (χ1n) is 7.36. The van der Waals surface area contributed by atoms with Gasteiger partial charge in [0.05, 0.1) is 4.34 Å². The summed E-state index contributed by atoms with van der Waals surface area (Å²) in [4.78, 5) is 1.29. The highest BCUT2D eigenvalue weighted by Gasteiger charge is 2.12. The van der Waals surface area contributed by atoms with Crippen LogP contribution < -0.4 is 5.32 Å². The van der Waals surface area contributed by atoms with E-state index in [0.717, 1.165) is 42.3 Å². The lowest BCUT2D eigenvalue weighted by Gasteiger charge is -2.17. The molecule has 0 aliphatic rings. The van der Waals surface area contributed by atoms with E-state index in [4.69, 9.17) is 11.6 Å². The molecule has 1 atom stereocenters. The standard InChI is InChI=1S/C17H21ClFNS/c1-2-8-20-12-14(11-16-6-7-17(18)21-16)9-13-4-3-5-15(19)10-13/h3-7,10,14,20H,2,8-9,11-12H2,1H3. The van der Waals surface area contributed by atoms with Gasteiger partial charge >= 0.3 is 0 Å². The van der Waals surface area contributed by atoms with E-state index in [2.05, 4.69) is 18.3 Å². The highest BCUT2D eigenvalue weighted by Crippen LogP contribution is 2.25. The van der Waals surface area contributed by atoms with E-state index >= 15 is 0 Å². The fourth-order valence-corrected chi connectivity index (χ4v) is 3.64. The van der Waals surface area contributed by atoms with Crippen molar-refractivity contribution in [3.8, 4) is 0 Å². The SMILES string of the molecule is CCCNCC(Cc1cccc(F)c1)Cc1ccc(Cl)s1. The van der Waals surface area contributed by atoms with Gasteiger partial charge in [-0.15, -0.1) is 11.3 Å². The van der Waals surface area contributed by atoms with Gasteiger partial charge in [-0.3, -0.25) is 0 Å². The van der Waals surface area contributed by atoms with Crippen molar-refractivity contribution >= 4 is 22.9 Å². The molecule has 0 radical (unpaired) electrons. The predicted octanol–water partition coefficient (Wildman–Crippen LogP) is 4.94. The van der Waals surface area contributed by atoms with Crippen molar-refractivity contribution in [1.82, 2.24) is 5.32 Å². The van der Waals surface area contributed by atoms with Crippen LogP contribution in [0.3, 0.4) is 0 Å². The third-order valence-corrected chi connectivity index (χ3v) is 4.65. The topological polar surface area (TPSA) is 12.0 Å². The first-order chi connectivity index (χ1) is 10.2. The Labute approximate surface area is 135 Å². The van der Waals surface area contributed by atoms with Crippen LogP contribution in [-0.2, 0) is 12.8 Å². The van der Waals surface area contributed by atoms with Gasteiger partial charge < -0.3 is 5.32 Å². The van der Waals surface area contributed by atoms with Gasteiger partial charge in [-0.05, 0) is 68.1 Å². The van der Waals surface area contributed by atoms with Crippen molar-refractivity contribution in [1.29, 1.82) is 0 Å². The Morgan fingerprint density at radius 2 is 2.10 bits per heavy atom. The summed E-state index contributed by atoms with van der Waals surface area (Å²) in [7, 11) is 0. The Balaban J connectivity index is 2.00. The van der Waals surface area contributed by atoms with Gasteiger partial charge in [0, 0.05) is 4.88 Å². The molecule has 0 spiro atoms. The molecule has 1 unspecified atom stereocenters. The van der Waals surface area contributed by atoms with Gasteiger partial charge in [0.15, 0.2) is 0 Å². The minimum absolute atomic E-state index is 0.160. The lowest BCUT2D eigenvalue weighted by Crippen LogP contribution is -2.26. The third kappa shape index (κ3) is 5.77. The van der Waals surface area contributed by atoms with Crippen molar-refractivity contribution < 1.29 is 4.39 Å². The van der Waals surface area contributed by atoms with Gasteiger partial charge in [-0.1, -0.05) is 30.7 Å². The number of hydrogen-bond acceptors (Lipinski definition) is 2. The molecule has 1 heterocycles. The second-order valence-electron chi connectivity index (χ2n) is 5.31. The lowest BCUT2D eigenvalue weighted by molar-refractivity contribution is 0.472. The third-order valence-electron chi connectivity index (χ3n) is 3.39. The molecule has 0 aliphatic carbocycles. The smallest absolute Gasteiger partial charge is 0.123 e. The molecule has 4 heteroatoms. The Kier molecular flexibility index (Phi) is 6.68. The van der Waals surface area contributed by atoms with E-state index < -0.39 is 0 Å². The molecule has 2 rings (SSSR count). The van der Waals surface area contributed by atoms with Crippen molar-refractivity contribution in [2.24, 2.45) is 5.92 Å². The number of benzene rings is 1. The van der Waals surface area contributed by atoms with Crippen LogP contribution in [0.15, 0.2) is 36.4 Å². The highest BCUT2D eigenvalue weighted by molar-refractivity contribution is 7.16. The van der Waals surface area contributed by atoms with E-state index in [1.54, 1.807) is 23.5 Å². The molecule has 114 valence electrons. The van der Waals surface area contributed by atoms with Crippen LogP contribution in [0.4, 0.5) is 4.39 Å². The summed E-state index contributed by atoms with van der Waals surface area (Å²) in [6, 6.07) is 10.9. The zero-order chi connectivity index (χ0) is 15.1. The Bertz CT molecular complexity index is 555. The summed E-state index contributed by atoms with van der Waals surface area (Å²) in [5.41, 5.74) is 1.06. The molecule has 21 heavy (non-hydrogen) atoms. The zero-order valence-electron chi connectivity index (χ0n) is 12.2. The van der Waals surface area contributed by atoms with E-state index in [-0.39, 0.29) is 5.82 Å². The molecule has 1 aromatic carbocycles. The first-order valence-corrected chi connectivity index (χ1v) is 8.56. The number of hydrogen-bond donors (Lipinski definition) is 1. The number of nitrogens with one attached hydrogen (secondary N) is 1. The second-order valence-corrected chi connectivity index (χ2v) is 7.11. The molecule has 1 N–H and O–H groups in total. The lowest BCUT2D eigenvalue weighted by atomic mass is 9.95. The zero-order valence-corrected chi connectivity index (χ0v) is 13.8. The summed E-state index contributed by atoms with van der Waals surface area (Å²) in [6.45, 7) is 4.12. The number of rotatable bonds is 8. The maximum Gasteiger partial charge on any atom is 0.123 e. The minimum Gasteiger partial charge on any atom is -0.316 e. The molecule has 1 nitrogen and oxygen atoms in total. The van der Waals surface area contributed by atoms with Crippen LogP contribution in [0.2, 0.25) is 4.34 Å². The summed E-state index contributed by atoms with van der Waals surface area (Å²) in [5.74, 6) is 0.292. The van der Waals surface area contributed by atoms with Crippen molar-refractivity contribution in [3.05, 3.63) is 57.0 Å². The maximum absolute atomic E-state index is 13.3. The summed E-state index contributed by atoms with van der Waals surface area (Å²) >= 11 is 7.64. The number of thiophene rings is 1. The molecule has 1 aromatic heterocycles. The first kappa shape index (κ1) is 16.5. The van der Waals surface area contributed by atoms with E-state index in [0.29, 0.717) is 5.92 Å². The maximum atomic E-state index is 13.3. The predicted molar refractivity (Wildman–Crippen MR) is 89.8 cm³/mol. The fraction of sp³-hybridized carbons (Fsp3) is 0.412. The molecule has 0 aliphatic heterocycles. The molecular weight excluding hydrogens is 305 g/mol. The van der Waals surface area contributed by atoms with Gasteiger partial charge in [0.25, 0.3) is 0 Å². The summed E-state index contributed by atoms with van der Waals surface area (Å²) < 4.78 is 14.2. The van der Waals surface area contributed by atoms with Crippen molar-refractivity contribution in [2.45, 2.75) is 26.2 Å². The van der Waals surface area contributed by atoms with Gasteiger partial charge in [0.2, 0.25) is 0 Å². The van der Waals surface area contributed by atoms with Crippen LogP contribution in [0.5, 0.6) is 0 Å². The van der Waals surface area contributed by atoms with E-state index in [1.807, 2.05) is 12.1 Å². The van der Waals surface area contributed by atoms with Crippen molar-refractivity contribution in [2.75, 3.05) is 13.1 Å². The Morgan fingerprint density at radius 1 is 1.24 bits per heavy atom. The molecule has 0 bridgehead atoms. The quantitative estimate of drug-likeness (QED) is 0.678. The van der Waals surface area contributed by atoms with E-state index in [1.165, 1.54) is 10.9 Å². The highest BCUT2D eigenvalue weighted by atomic mass is 35.5. The average molecular weight is 326 g/mol. The van der Waals surface area contributed by atoms with Crippen LogP contribution in [0.25, 0.3) is 0 Å². The summed E-state index contributed by atoms with van der Waals surface area (Å²) in [5, 5.41) is 3.47. The Morgan fingerprint density at radius 3 is 2.76 bits per heavy atom. The average Bonchev–Trinajstić information content (AvgIpc) is 2.84. The van der Waals surface area contributed by atoms with Crippen LogP contribution >= 0.6 is 22.9 Å². The normalized spacial score (nSPS) is 12.5. The molecule has 0 amide bonds. The monoisotopic (exact) mass is 325 g/mol. The molecular formula is C17H21ClFNS. The largest absolute Gasteiger partial charge is 0.316 e. The van der Waals surface area contributed by atoms with Gasteiger partial charge in [-0.2, -0.15) is 0 Å². The minimum atomic E-state index is -0.160. The molecule has 0 fully saturated rings. The van der Waals surface area contributed by atoms with Gasteiger partial charge in [0.1, 0.15) is 5.82 Å². The molecule has 2 aromatic rings. The van der Waals surface area contributed by atoms with Gasteiger partial charge in [-0.25, -0.2) is 4.39 Å². The summed E-state index contributed by atoms with van der Waals surface area (Å²) in [6.07, 6.45) is 2.98. The van der Waals surface area contributed by atoms with Crippen LogP contribution in [-0.4, -0.2) is 13.1 Å². The fourth-order valence-electron chi connectivity index (χ4n) is 2.44. The van der Waals surface area contributed by atoms with Crippen LogP contribution in [0.1, 0.15) is 23.8 Å². The van der Waals surface area contributed by atoms with Crippen LogP contribution in [0, 0.1) is 11.7 Å². The Hall–Kier alpha value is -0.900. The molecule has 0 saturated carbocycles. The second kappa shape index (κ2) is 8.52.